The number of carboxylic acids is 1. The lowest BCUT2D eigenvalue weighted by molar-refractivity contribution is 0.0697. The van der Waals surface area contributed by atoms with Gasteiger partial charge in [0.2, 0.25) is 5.36 Å². The van der Waals surface area contributed by atoms with Gasteiger partial charge in [0.1, 0.15) is 24.4 Å². The number of aromatic carboxylic acids is 1. The second-order valence-corrected chi connectivity index (χ2v) is 8.83. The summed E-state index contributed by atoms with van der Waals surface area (Å²) in [6, 6.07) is 27.4. The average Bonchev–Trinajstić information content (AvgIpc) is 2.89. The van der Waals surface area contributed by atoms with Crippen LogP contribution in [0.5, 0.6) is 0 Å². The van der Waals surface area contributed by atoms with E-state index in [2.05, 4.69) is 41.9 Å². The molecule has 1 aliphatic carbocycles. The van der Waals surface area contributed by atoms with Crippen molar-refractivity contribution in [1.82, 2.24) is 4.58 Å². The fourth-order valence-electron chi connectivity index (χ4n) is 4.80. The van der Waals surface area contributed by atoms with Gasteiger partial charge in [0.25, 0.3) is 0 Å². The number of nitrogens with one attached hydrogen (secondary N) is 1. The highest BCUT2D eigenvalue weighted by Gasteiger charge is 2.22. The first-order valence-electron chi connectivity index (χ1n) is 12.2. The normalized spacial score (nSPS) is 11.1. The molecule has 0 radical (unpaired) electrons. The summed E-state index contributed by atoms with van der Waals surface area (Å²) in [5, 5.41) is 15.4. The van der Waals surface area contributed by atoms with Gasteiger partial charge in [-0.25, -0.2) is 9.37 Å². The summed E-state index contributed by atoms with van der Waals surface area (Å²) in [5.41, 5.74) is 6.33. The van der Waals surface area contributed by atoms with Crippen LogP contribution in [0.3, 0.4) is 0 Å². The summed E-state index contributed by atoms with van der Waals surface area (Å²) >= 11 is 0. The summed E-state index contributed by atoms with van der Waals surface area (Å²) in [6.07, 6.45) is 0. The molecule has 36 heavy (non-hydrogen) atoms. The van der Waals surface area contributed by atoms with Crippen molar-refractivity contribution in [3.8, 4) is 22.5 Å². The second kappa shape index (κ2) is 9.70. The SMILES string of the molecule is CC[N+](CC)=c1ccc2c(-c3ccccc3C(=O)O)c3cc(Nc4ccccc4)c(C)cc3oc-2c1. The number of carboxylic acid groups (broad SMARTS) is 1. The van der Waals surface area contributed by atoms with Gasteiger partial charge in [0, 0.05) is 34.0 Å². The van der Waals surface area contributed by atoms with Crippen molar-refractivity contribution in [3.05, 3.63) is 101 Å². The third-order valence-corrected chi connectivity index (χ3v) is 6.66. The van der Waals surface area contributed by atoms with Gasteiger partial charge in [-0.2, -0.15) is 0 Å². The number of aryl methyl sites for hydroxylation is 1. The Morgan fingerprint density at radius 3 is 2.33 bits per heavy atom. The second-order valence-electron chi connectivity index (χ2n) is 8.83. The molecule has 5 heteroatoms. The number of para-hydroxylation sites is 1. The first kappa shape index (κ1) is 23.4. The topological polar surface area (TPSA) is 65.5 Å². The molecular formula is C31H29N2O3+. The number of hydrogen-bond donors (Lipinski definition) is 2. The van der Waals surface area contributed by atoms with Crippen LogP contribution in [0.25, 0.3) is 33.4 Å². The van der Waals surface area contributed by atoms with Gasteiger partial charge < -0.3 is 14.8 Å². The molecule has 0 unspecified atom stereocenters. The molecule has 0 bridgehead atoms. The molecule has 0 saturated carbocycles. The summed E-state index contributed by atoms with van der Waals surface area (Å²) < 4.78 is 8.74. The molecule has 3 aromatic carbocycles. The van der Waals surface area contributed by atoms with Gasteiger partial charge in [-0.1, -0.05) is 36.4 Å². The van der Waals surface area contributed by atoms with Gasteiger partial charge in [-0.15, -0.1) is 0 Å². The maximum atomic E-state index is 12.2. The molecule has 0 fully saturated rings. The van der Waals surface area contributed by atoms with E-state index in [1.54, 1.807) is 12.1 Å². The molecule has 1 aliphatic heterocycles. The van der Waals surface area contributed by atoms with E-state index in [0.29, 0.717) is 11.1 Å². The number of nitrogens with zero attached hydrogens (tertiary/aromatic N) is 1. The van der Waals surface area contributed by atoms with E-state index < -0.39 is 5.97 Å². The van der Waals surface area contributed by atoms with Crippen LogP contribution in [-0.4, -0.2) is 24.2 Å². The highest BCUT2D eigenvalue weighted by molar-refractivity contribution is 6.08. The summed E-state index contributed by atoms with van der Waals surface area (Å²) in [7, 11) is 0. The van der Waals surface area contributed by atoms with Gasteiger partial charge >= 0.3 is 5.97 Å². The zero-order valence-electron chi connectivity index (χ0n) is 20.7. The quantitative estimate of drug-likeness (QED) is 0.209. The van der Waals surface area contributed by atoms with Gasteiger partial charge in [-0.3, -0.25) is 0 Å². The summed E-state index contributed by atoms with van der Waals surface area (Å²) in [4.78, 5) is 12.2. The zero-order valence-corrected chi connectivity index (χ0v) is 20.7. The lowest BCUT2D eigenvalue weighted by atomic mass is 9.90. The van der Waals surface area contributed by atoms with Gasteiger partial charge in [0.15, 0.2) is 0 Å². The molecule has 1 heterocycles. The molecule has 0 atom stereocenters. The highest BCUT2D eigenvalue weighted by atomic mass is 16.4. The monoisotopic (exact) mass is 477 g/mol. The van der Waals surface area contributed by atoms with Crippen LogP contribution in [0, 0.1) is 6.92 Å². The lowest BCUT2D eigenvalue weighted by Gasteiger charge is -2.19. The predicted molar refractivity (Wildman–Crippen MR) is 146 cm³/mol. The smallest absolute Gasteiger partial charge is 0.336 e. The van der Waals surface area contributed by atoms with Crippen LogP contribution in [0.1, 0.15) is 29.8 Å². The number of benzene rings is 4. The largest absolute Gasteiger partial charge is 0.478 e. The molecule has 5 nitrogen and oxygen atoms in total. The van der Waals surface area contributed by atoms with E-state index in [0.717, 1.165) is 57.7 Å². The van der Waals surface area contributed by atoms with Crippen LogP contribution < -0.4 is 15.2 Å². The Morgan fingerprint density at radius 1 is 0.889 bits per heavy atom. The van der Waals surface area contributed by atoms with Crippen molar-refractivity contribution in [3.63, 3.8) is 0 Å². The number of anilines is 2. The Labute approximate surface area is 210 Å². The standard InChI is InChI=1S/C31H28N2O3/c1-4-33(5-2)22-15-16-25-29(18-22)36-28-17-20(3)27(32-21-11-7-6-8-12-21)19-26(28)30(25)23-13-9-10-14-24(23)31(34)35/h6-19,32H,4-5H2,1-3H3/p+1. The lowest BCUT2D eigenvalue weighted by Crippen LogP contribution is -2.29. The van der Waals surface area contributed by atoms with Crippen LogP contribution >= 0.6 is 0 Å². The van der Waals surface area contributed by atoms with Crippen molar-refractivity contribution in [2.45, 2.75) is 20.8 Å². The number of carbonyl (C=O) groups is 1. The van der Waals surface area contributed by atoms with Crippen molar-refractivity contribution < 1.29 is 14.3 Å². The average molecular weight is 478 g/mol. The minimum Gasteiger partial charge on any atom is -0.478 e. The van der Waals surface area contributed by atoms with Crippen molar-refractivity contribution >= 4 is 28.3 Å². The molecule has 3 aromatic rings. The first-order valence-corrected chi connectivity index (χ1v) is 12.2. The molecule has 0 amide bonds. The molecule has 2 N–H and O–H groups in total. The van der Waals surface area contributed by atoms with E-state index in [1.165, 1.54) is 0 Å². The molecule has 0 aromatic heterocycles. The van der Waals surface area contributed by atoms with Crippen LogP contribution in [0.2, 0.25) is 0 Å². The first-order chi connectivity index (χ1) is 17.5. The molecule has 5 rings (SSSR count). The van der Waals surface area contributed by atoms with Crippen molar-refractivity contribution in [2.75, 3.05) is 18.4 Å². The maximum Gasteiger partial charge on any atom is 0.336 e. The number of fused-ring (bicyclic) bond motifs is 2. The number of rotatable bonds is 6. The van der Waals surface area contributed by atoms with Crippen molar-refractivity contribution in [2.24, 2.45) is 0 Å². The fourth-order valence-corrected chi connectivity index (χ4v) is 4.80. The molecule has 180 valence electrons. The predicted octanol–water partition coefficient (Wildman–Crippen LogP) is 6.77. The van der Waals surface area contributed by atoms with Crippen LogP contribution in [0.15, 0.2) is 89.3 Å². The Bertz CT molecular complexity index is 1610. The maximum absolute atomic E-state index is 12.2. The fraction of sp³-hybridized carbons (Fsp3) is 0.161. The van der Waals surface area contributed by atoms with E-state index in [1.807, 2.05) is 61.5 Å². The number of hydrogen-bond acceptors (Lipinski definition) is 3. The Hall–Kier alpha value is -4.38. The molecule has 0 saturated heterocycles. The summed E-state index contributed by atoms with van der Waals surface area (Å²) in [6.45, 7) is 8.08. The molecule has 0 spiro atoms. The van der Waals surface area contributed by atoms with Crippen LogP contribution in [-0.2, 0) is 0 Å². The Balaban J connectivity index is 1.87. The molecule has 2 aliphatic rings. The van der Waals surface area contributed by atoms with E-state index in [-0.39, 0.29) is 5.56 Å². The van der Waals surface area contributed by atoms with E-state index in [9.17, 15) is 9.90 Å². The molecular weight excluding hydrogens is 448 g/mol. The van der Waals surface area contributed by atoms with E-state index >= 15 is 0 Å². The summed E-state index contributed by atoms with van der Waals surface area (Å²) in [5.74, 6) is -0.229. The van der Waals surface area contributed by atoms with Gasteiger partial charge in [-0.05, 0) is 68.3 Å². The van der Waals surface area contributed by atoms with Crippen LogP contribution in [0.4, 0.5) is 11.4 Å². The van der Waals surface area contributed by atoms with Crippen molar-refractivity contribution in [1.29, 1.82) is 0 Å². The minimum atomic E-state index is -0.956. The minimum absolute atomic E-state index is 0.261. The highest BCUT2D eigenvalue weighted by Crippen LogP contribution is 2.42. The van der Waals surface area contributed by atoms with Gasteiger partial charge in [0.05, 0.1) is 11.6 Å². The third kappa shape index (κ3) is 4.24. The Morgan fingerprint density at radius 2 is 1.61 bits per heavy atom. The Kier molecular flexibility index (Phi) is 6.30. The third-order valence-electron chi connectivity index (χ3n) is 6.66. The zero-order chi connectivity index (χ0) is 25.2. The van der Waals surface area contributed by atoms with E-state index in [4.69, 9.17) is 4.42 Å².